The second-order valence-electron chi connectivity index (χ2n) is 8.62. The van der Waals surface area contributed by atoms with Gasteiger partial charge in [-0.2, -0.15) is 9.61 Å². The maximum Gasteiger partial charge on any atom is 0.319 e. The van der Waals surface area contributed by atoms with Crippen molar-refractivity contribution in [1.29, 1.82) is 0 Å². The summed E-state index contributed by atoms with van der Waals surface area (Å²) < 4.78 is 1.80. The summed E-state index contributed by atoms with van der Waals surface area (Å²) in [5.41, 5.74) is 3.95. The highest BCUT2D eigenvalue weighted by atomic mass is 32.1. The molecule has 3 amide bonds. The van der Waals surface area contributed by atoms with Crippen LogP contribution in [0.4, 0.5) is 10.6 Å². The molecule has 0 spiro atoms. The van der Waals surface area contributed by atoms with Crippen LogP contribution in [0.25, 0.3) is 23.0 Å². The number of rotatable bonds is 6. The van der Waals surface area contributed by atoms with Gasteiger partial charge >= 0.3 is 6.03 Å². The summed E-state index contributed by atoms with van der Waals surface area (Å²) in [4.78, 5) is 29.7. The molecule has 3 aromatic heterocycles. The number of urea groups is 1. The summed E-state index contributed by atoms with van der Waals surface area (Å²) in [5.74, 6) is 0.821. The second-order valence-corrected chi connectivity index (χ2v) is 9.53. The Bertz CT molecular complexity index is 1270. The molecule has 3 fully saturated rings. The number of aromatic nitrogens is 3. The quantitative estimate of drug-likeness (QED) is 0.379. The number of nitrogens with one attached hydrogen (secondary N) is 5. The van der Waals surface area contributed by atoms with E-state index < -0.39 is 0 Å². The Morgan fingerprint density at radius 1 is 1.24 bits per heavy atom. The highest BCUT2D eigenvalue weighted by molar-refractivity contribution is 7.12. The predicted molar refractivity (Wildman–Crippen MR) is 126 cm³/mol. The maximum absolute atomic E-state index is 12.7. The molecule has 0 bridgehead atoms. The van der Waals surface area contributed by atoms with Gasteiger partial charge in [0.05, 0.1) is 23.3 Å². The van der Waals surface area contributed by atoms with E-state index in [2.05, 4.69) is 31.7 Å². The molecule has 1 atom stereocenters. The molecule has 0 aromatic carbocycles. The van der Waals surface area contributed by atoms with E-state index in [1.165, 1.54) is 11.3 Å². The van der Waals surface area contributed by atoms with E-state index in [-0.39, 0.29) is 18.0 Å². The fourth-order valence-electron chi connectivity index (χ4n) is 4.08. The van der Waals surface area contributed by atoms with Gasteiger partial charge in [-0.05, 0) is 37.9 Å². The summed E-state index contributed by atoms with van der Waals surface area (Å²) in [6.07, 6.45) is 6.86. The van der Waals surface area contributed by atoms with Crippen LogP contribution >= 0.6 is 11.3 Å². The third-order valence-electron chi connectivity index (χ3n) is 5.99. The van der Waals surface area contributed by atoms with Gasteiger partial charge in [-0.15, -0.1) is 11.3 Å². The van der Waals surface area contributed by atoms with Gasteiger partial charge in [0.1, 0.15) is 5.82 Å². The van der Waals surface area contributed by atoms with E-state index in [9.17, 15) is 9.59 Å². The highest BCUT2D eigenvalue weighted by Gasteiger charge is 2.24. The number of carbonyl (C=O) groups excluding carboxylic acids is 2. The lowest BCUT2D eigenvalue weighted by atomic mass is 10.2. The van der Waals surface area contributed by atoms with Crippen molar-refractivity contribution in [2.24, 2.45) is 0 Å². The lowest BCUT2D eigenvalue weighted by molar-refractivity contribution is 0.0944. The highest BCUT2D eigenvalue weighted by Crippen LogP contribution is 2.31. The molecule has 1 aliphatic carbocycles. The van der Waals surface area contributed by atoms with Gasteiger partial charge in [0.25, 0.3) is 5.91 Å². The average Bonchev–Trinajstić information content (AvgIpc) is 3.26. The SMILES string of the molecule is O=C1NC/C(=C/c2cnn3c(NC4CC4)cc(-c4csc(C(=O)NC5CCNC5)c4)nc23)N1. The van der Waals surface area contributed by atoms with E-state index >= 15 is 0 Å². The van der Waals surface area contributed by atoms with Gasteiger partial charge in [0, 0.05) is 46.9 Å². The van der Waals surface area contributed by atoms with E-state index in [1.54, 1.807) is 10.7 Å². The molecule has 2 aliphatic heterocycles. The minimum atomic E-state index is -0.208. The fraction of sp³-hybridized carbons (Fsp3) is 0.364. The number of thiophene rings is 1. The minimum Gasteiger partial charge on any atom is -0.367 e. The number of carbonyl (C=O) groups is 2. The normalized spacial score (nSPS) is 21.4. The van der Waals surface area contributed by atoms with Crippen molar-refractivity contribution >= 4 is 40.8 Å². The van der Waals surface area contributed by atoms with Gasteiger partial charge in [0.2, 0.25) is 0 Å². The third-order valence-corrected chi connectivity index (χ3v) is 6.92. The van der Waals surface area contributed by atoms with E-state index in [1.807, 2.05) is 23.6 Å². The van der Waals surface area contributed by atoms with Crippen LogP contribution in [0.1, 0.15) is 34.5 Å². The van der Waals surface area contributed by atoms with E-state index in [0.717, 1.165) is 60.7 Å². The van der Waals surface area contributed by atoms with Crippen LogP contribution in [0.2, 0.25) is 0 Å². The molecule has 170 valence electrons. The first-order valence-corrected chi connectivity index (χ1v) is 12.0. The summed E-state index contributed by atoms with van der Waals surface area (Å²) in [5, 5.41) is 21.9. The number of amides is 3. The topological polar surface area (TPSA) is 124 Å². The lowest BCUT2D eigenvalue weighted by Crippen LogP contribution is -2.35. The zero-order valence-electron chi connectivity index (χ0n) is 17.9. The Balaban J connectivity index is 1.34. The lowest BCUT2D eigenvalue weighted by Gasteiger charge is -2.10. The van der Waals surface area contributed by atoms with Crippen molar-refractivity contribution in [3.63, 3.8) is 0 Å². The van der Waals surface area contributed by atoms with Gasteiger partial charge < -0.3 is 26.6 Å². The number of hydrogen-bond donors (Lipinski definition) is 5. The van der Waals surface area contributed by atoms with E-state index in [4.69, 9.17) is 4.98 Å². The third kappa shape index (κ3) is 4.16. The van der Waals surface area contributed by atoms with Crippen LogP contribution in [0.5, 0.6) is 0 Å². The van der Waals surface area contributed by atoms with Crippen molar-refractivity contribution in [2.45, 2.75) is 31.3 Å². The Morgan fingerprint density at radius 2 is 2.15 bits per heavy atom. The number of nitrogens with zero attached hydrogens (tertiary/aromatic N) is 3. The molecule has 1 unspecified atom stereocenters. The first-order chi connectivity index (χ1) is 16.1. The molecular weight excluding hydrogens is 440 g/mol. The van der Waals surface area contributed by atoms with E-state index in [0.29, 0.717) is 23.1 Å². The zero-order chi connectivity index (χ0) is 22.4. The number of anilines is 1. The maximum atomic E-state index is 12.7. The summed E-state index contributed by atoms with van der Waals surface area (Å²) >= 11 is 1.42. The monoisotopic (exact) mass is 464 g/mol. The average molecular weight is 465 g/mol. The van der Waals surface area contributed by atoms with Crippen LogP contribution in [-0.2, 0) is 0 Å². The molecule has 5 heterocycles. The summed E-state index contributed by atoms with van der Waals surface area (Å²) in [7, 11) is 0. The molecule has 5 N–H and O–H groups in total. The smallest absolute Gasteiger partial charge is 0.319 e. The molecule has 33 heavy (non-hydrogen) atoms. The largest absolute Gasteiger partial charge is 0.367 e. The van der Waals surface area contributed by atoms with Crippen LogP contribution in [0.3, 0.4) is 0 Å². The molecule has 11 heteroatoms. The second kappa shape index (κ2) is 8.16. The molecular formula is C22H24N8O2S. The molecule has 6 rings (SSSR count). The Labute approximate surface area is 193 Å². The molecule has 10 nitrogen and oxygen atoms in total. The van der Waals surface area contributed by atoms with Crippen LogP contribution in [0.15, 0.2) is 29.4 Å². The molecule has 2 saturated heterocycles. The number of fused-ring (bicyclic) bond motifs is 1. The zero-order valence-corrected chi connectivity index (χ0v) is 18.7. The van der Waals surface area contributed by atoms with Gasteiger partial charge in [-0.1, -0.05) is 0 Å². The standard InChI is InChI=1S/C22H24N8O2S/c31-21(27-15-3-4-23-9-15)18-6-13(11-33-18)17-7-19(26-14-1-2-14)30-20(29-17)12(8-25-30)5-16-10-24-22(32)28-16/h5-8,11,14-15,23,26H,1-4,9-10H2,(H,27,31)(H2,24,28,32)/b16-5-. The van der Waals surface area contributed by atoms with Crippen molar-refractivity contribution in [3.05, 3.63) is 39.8 Å². The Morgan fingerprint density at radius 3 is 2.91 bits per heavy atom. The van der Waals surface area contributed by atoms with Crippen molar-refractivity contribution < 1.29 is 9.59 Å². The summed E-state index contributed by atoms with van der Waals surface area (Å²) in [6.45, 7) is 2.20. The molecule has 3 aliphatic rings. The number of hydrogen-bond acceptors (Lipinski definition) is 7. The Hall–Kier alpha value is -3.44. The van der Waals surface area contributed by atoms with Crippen molar-refractivity contribution in [3.8, 4) is 11.3 Å². The molecule has 3 aromatic rings. The first-order valence-electron chi connectivity index (χ1n) is 11.1. The van der Waals surface area contributed by atoms with Crippen LogP contribution in [0, 0.1) is 0 Å². The fourth-order valence-corrected chi connectivity index (χ4v) is 4.88. The van der Waals surface area contributed by atoms with Crippen LogP contribution < -0.4 is 26.6 Å². The minimum absolute atomic E-state index is 0.0448. The van der Waals surface area contributed by atoms with Crippen molar-refractivity contribution in [2.75, 3.05) is 25.0 Å². The van der Waals surface area contributed by atoms with Crippen molar-refractivity contribution in [1.82, 2.24) is 35.9 Å². The van der Waals surface area contributed by atoms with Gasteiger partial charge in [0.15, 0.2) is 5.65 Å². The van der Waals surface area contributed by atoms with Gasteiger partial charge in [-0.3, -0.25) is 4.79 Å². The summed E-state index contributed by atoms with van der Waals surface area (Å²) in [6, 6.07) is 4.30. The first kappa shape index (κ1) is 20.2. The van der Waals surface area contributed by atoms with Gasteiger partial charge in [-0.25, -0.2) is 9.78 Å². The Kier molecular flexibility index (Phi) is 4.99. The molecule has 1 saturated carbocycles. The molecule has 0 radical (unpaired) electrons. The van der Waals surface area contributed by atoms with Crippen LogP contribution in [-0.4, -0.2) is 58.3 Å². The predicted octanol–water partition coefficient (Wildman–Crippen LogP) is 1.78.